The molecule has 0 bridgehead atoms. The van der Waals surface area contributed by atoms with Gasteiger partial charge < -0.3 is 15.0 Å². The molecule has 0 aromatic carbocycles. The Kier molecular flexibility index (Phi) is 4.34. The van der Waals surface area contributed by atoms with Crippen molar-refractivity contribution < 1.29 is 9.53 Å². The third kappa shape index (κ3) is 3.32. The van der Waals surface area contributed by atoms with E-state index in [-0.39, 0.29) is 12.0 Å². The SMILES string of the molecule is CNc1cc2c(nn1)CCN(C(=O)CCC1CCCO1)C2. The lowest BCUT2D eigenvalue weighted by Crippen LogP contribution is -2.36. The Balaban J connectivity index is 1.58. The molecule has 1 unspecified atom stereocenters. The van der Waals surface area contributed by atoms with Crippen LogP contribution in [0.3, 0.4) is 0 Å². The predicted molar refractivity (Wildman–Crippen MR) is 78.9 cm³/mol. The number of hydrogen-bond donors (Lipinski definition) is 1. The van der Waals surface area contributed by atoms with Crippen molar-refractivity contribution in [3.05, 3.63) is 17.3 Å². The van der Waals surface area contributed by atoms with Crippen LogP contribution in [0.15, 0.2) is 6.07 Å². The first-order chi connectivity index (χ1) is 10.3. The Morgan fingerprint density at radius 1 is 1.52 bits per heavy atom. The number of hydrogen-bond acceptors (Lipinski definition) is 5. The van der Waals surface area contributed by atoms with E-state index in [1.165, 1.54) is 0 Å². The fourth-order valence-electron chi connectivity index (χ4n) is 2.98. The lowest BCUT2D eigenvalue weighted by Gasteiger charge is -2.28. The molecule has 1 amide bonds. The van der Waals surface area contributed by atoms with E-state index in [4.69, 9.17) is 4.74 Å². The summed E-state index contributed by atoms with van der Waals surface area (Å²) in [6.07, 6.45) is 4.72. The van der Waals surface area contributed by atoms with E-state index in [0.29, 0.717) is 13.0 Å². The van der Waals surface area contributed by atoms with Crippen molar-refractivity contribution in [2.45, 2.75) is 44.8 Å². The average molecular weight is 290 g/mol. The third-order valence-electron chi connectivity index (χ3n) is 4.25. The van der Waals surface area contributed by atoms with E-state index in [2.05, 4.69) is 15.5 Å². The molecule has 2 aliphatic heterocycles. The molecule has 1 fully saturated rings. The topological polar surface area (TPSA) is 67.4 Å². The normalized spacial score (nSPS) is 21.2. The van der Waals surface area contributed by atoms with Crippen molar-refractivity contribution in [2.75, 3.05) is 25.5 Å². The summed E-state index contributed by atoms with van der Waals surface area (Å²) in [5.41, 5.74) is 2.11. The predicted octanol–water partition coefficient (Wildman–Crippen LogP) is 1.36. The molecule has 1 saturated heterocycles. The molecule has 1 N–H and O–H groups in total. The average Bonchev–Trinajstić information content (AvgIpc) is 3.04. The monoisotopic (exact) mass is 290 g/mol. The molecule has 0 radical (unpaired) electrons. The lowest BCUT2D eigenvalue weighted by atomic mass is 10.0. The fourth-order valence-corrected chi connectivity index (χ4v) is 2.98. The van der Waals surface area contributed by atoms with Crippen LogP contribution in [0.4, 0.5) is 5.82 Å². The fraction of sp³-hybridized carbons (Fsp3) is 0.667. The molecule has 6 nitrogen and oxygen atoms in total. The molecule has 21 heavy (non-hydrogen) atoms. The van der Waals surface area contributed by atoms with Gasteiger partial charge in [-0.1, -0.05) is 0 Å². The molecule has 6 heteroatoms. The van der Waals surface area contributed by atoms with Gasteiger partial charge in [0.15, 0.2) is 0 Å². The molecule has 114 valence electrons. The highest BCUT2D eigenvalue weighted by atomic mass is 16.5. The number of nitrogens with zero attached hydrogens (tertiary/aromatic N) is 3. The van der Waals surface area contributed by atoms with Gasteiger partial charge in [0.05, 0.1) is 11.8 Å². The molecular weight excluding hydrogens is 268 g/mol. The van der Waals surface area contributed by atoms with Gasteiger partial charge in [0.1, 0.15) is 5.82 Å². The number of ether oxygens (including phenoxy) is 1. The molecule has 1 atom stereocenters. The van der Waals surface area contributed by atoms with Crippen molar-refractivity contribution in [1.29, 1.82) is 0 Å². The number of amides is 1. The first-order valence-electron chi connectivity index (χ1n) is 7.69. The summed E-state index contributed by atoms with van der Waals surface area (Å²) < 4.78 is 5.58. The van der Waals surface area contributed by atoms with Crippen LogP contribution in [0.2, 0.25) is 0 Å². The number of rotatable bonds is 4. The Morgan fingerprint density at radius 3 is 3.19 bits per heavy atom. The summed E-state index contributed by atoms with van der Waals surface area (Å²) in [5, 5.41) is 11.3. The second-order valence-electron chi connectivity index (χ2n) is 5.69. The van der Waals surface area contributed by atoms with Gasteiger partial charge in [-0.05, 0) is 30.9 Å². The van der Waals surface area contributed by atoms with Gasteiger partial charge in [0.2, 0.25) is 5.91 Å². The molecule has 3 heterocycles. The number of fused-ring (bicyclic) bond motifs is 1. The van der Waals surface area contributed by atoms with Crippen LogP contribution >= 0.6 is 0 Å². The van der Waals surface area contributed by atoms with Gasteiger partial charge in [0.25, 0.3) is 0 Å². The first kappa shape index (κ1) is 14.3. The number of aromatic nitrogens is 2. The van der Waals surface area contributed by atoms with Gasteiger partial charge in [-0.25, -0.2) is 0 Å². The van der Waals surface area contributed by atoms with Crippen molar-refractivity contribution in [3.8, 4) is 0 Å². The number of carbonyl (C=O) groups excluding carboxylic acids is 1. The molecule has 1 aromatic rings. The number of nitrogens with one attached hydrogen (secondary N) is 1. The van der Waals surface area contributed by atoms with Crippen LogP contribution in [0.5, 0.6) is 0 Å². The smallest absolute Gasteiger partial charge is 0.222 e. The van der Waals surface area contributed by atoms with Crippen LogP contribution in [0, 0.1) is 0 Å². The maximum atomic E-state index is 12.3. The highest BCUT2D eigenvalue weighted by molar-refractivity contribution is 5.76. The summed E-state index contributed by atoms with van der Waals surface area (Å²) in [6, 6.07) is 1.99. The van der Waals surface area contributed by atoms with E-state index in [1.807, 2.05) is 18.0 Å². The second-order valence-corrected chi connectivity index (χ2v) is 5.69. The van der Waals surface area contributed by atoms with Gasteiger partial charge >= 0.3 is 0 Å². The number of carbonyl (C=O) groups is 1. The molecule has 0 aliphatic carbocycles. The Bertz CT molecular complexity index is 514. The second kappa shape index (κ2) is 6.39. The molecule has 2 aliphatic rings. The number of anilines is 1. The van der Waals surface area contributed by atoms with Gasteiger partial charge in [-0.2, -0.15) is 5.10 Å². The molecule has 1 aromatic heterocycles. The van der Waals surface area contributed by atoms with Crippen molar-refractivity contribution in [3.63, 3.8) is 0 Å². The third-order valence-corrected chi connectivity index (χ3v) is 4.25. The van der Waals surface area contributed by atoms with Crippen LogP contribution in [0.25, 0.3) is 0 Å². The maximum Gasteiger partial charge on any atom is 0.222 e. The lowest BCUT2D eigenvalue weighted by molar-refractivity contribution is -0.132. The summed E-state index contributed by atoms with van der Waals surface area (Å²) in [7, 11) is 1.82. The minimum Gasteiger partial charge on any atom is -0.378 e. The van der Waals surface area contributed by atoms with Gasteiger partial charge in [-0.3, -0.25) is 4.79 Å². The molecule has 0 saturated carbocycles. The zero-order valence-corrected chi connectivity index (χ0v) is 12.5. The summed E-state index contributed by atoms with van der Waals surface area (Å²) in [5.74, 6) is 0.973. The zero-order chi connectivity index (χ0) is 14.7. The van der Waals surface area contributed by atoms with E-state index in [9.17, 15) is 4.79 Å². The van der Waals surface area contributed by atoms with Crippen LogP contribution < -0.4 is 5.32 Å². The highest BCUT2D eigenvalue weighted by Gasteiger charge is 2.24. The molecule has 0 spiro atoms. The van der Waals surface area contributed by atoms with E-state index < -0.39 is 0 Å². The Labute approximate surface area is 124 Å². The van der Waals surface area contributed by atoms with E-state index in [1.54, 1.807) is 0 Å². The van der Waals surface area contributed by atoms with Crippen molar-refractivity contribution in [1.82, 2.24) is 15.1 Å². The van der Waals surface area contributed by atoms with E-state index in [0.717, 1.165) is 55.9 Å². The summed E-state index contributed by atoms with van der Waals surface area (Å²) >= 11 is 0. The van der Waals surface area contributed by atoms with E-state index >= 15 is 0 Å². The quantitative estimate of drug-likeness (QED) is 0.907. The van der Waals surface area contributed by atoms with Crippen LogP contribution in [0.1, 0.15) is 36.9 Å². The largest absolute Gasteiger partial charge is 0.378 e. The Hall–Kier alpha value is -1.69. The summed E-state index contributed by atoms with van der Waals surface area (Å²) in [4.78, 5) is 14.3. The highest BCUT2D eigenvalue weighted by Crippen LogP contribution is 2.21. The maximum absolute atomic E-state index is 12.3. The molecular formula is C15H22N4O2. The zero-order valence-electron chi connectivity index (χ0n) is 12.5. The minimum absolute atomic E-state index is 0.221. The van der Waals surface area contributed by atoms with Crippen LogP contribution in [-0.2, 0) is 22.5 Å². The van der Waals surface area contributed by atoms with Gasteiger partial charge in [0, 0.05) is 39.6 Å². The van der Waals surface area contributed by atoms with Crippen molar-refractivity contribution >= 4 is 11.7 Å². The molecule has 3 rings (SSSR count). The van der Waals surface area contributed by atoms with Crippen molar-refractivity contribution in [2.24, 2.45) is 0 Å². The van der Waals surface area contributed by atoms with Gasteiger partial charge in [-0.15, -0.1) is 5.10 Å². The minimum atomic E-state index is 0.221. The summed E-state index contributed by atoms with van der Waals surface area (Å²) in [6.45, 7) is 2.23. The Morgan fingerprint density at radius 2 is 2.43 bits per heavy atom. The first-order valence-corrected chi connectivity index (χ1v) is 7.69. The van der Waals surface area contributed by atoms with Crippen LogP contribution in [-0.4, -0.2) is 47.3 Å². The standard InChI is InChI=1S/C15H22N4O2/c1-16-14-9-11-10-19(7-6-13(11)17-18-14)15(20)5-4-12-3-2-8-21-12/h9,12H,2-8,10H2,1H3,(H,16,18).